The number of rotatable bonds is 8. The van der Waals surface area contributed by atoms with Crippen LogP contribution in [0.4, 0.5) is 0 Å². The second-order valence-corrected chi connectivity index (χ2v) is 3.81. The molecule has 1 aromatic heterocycles. The van der Waals surface area contributed by atoms with Crippen LogP contribution in [0.3, 0.4) is 0 Å². The van der Waals surface area contributed by atoms with E-state index < -0.39 is 0 Å². The smallest absolute Gasteiger partial charge is 0.0768 e. The SMILES string of the molecule is CCCCCCCNCc1cccnn1. The van der Waals surface area contributed by atoms with Crippen molar-refractivity contribution in [3.05, 3.63) is 24.0 Å². The van der Waals surface area contributed by atoms with Crippen molar-refractivity contribution >= 4 is 0 Å². The summed E-state index contributed by atoms with van der Waals surface area (Å²) in [6, 6.07) is 3.92. The molecule has 3 heteroatoms. The molecule has 1 aromatic rings. The first-order valence-electron chi connectivity index (χ1n) is 5.90. The number of aromatic nitrogens is 2. The Bertz CT molecular complexity index is 236. The summed E-state index contributed by atoms with van der Waals surface area (Å²) in [4.78, 5) is 0. The first-order chi connectivity index (χ1) is 7.43. The maximum Gasteiger partial charge on any atom is 0.0768 e. The molecule has 0 aliphatic rings. The van der Waals surface area contributed by atoms with Gasteiger partial charge in [-0.05, 0) is 25.1 Å². The molecule has 0 bridgehead atoms. The first-order valence-corrected chi connectivity index (χ1v) is 5.90. The summed E-state index contributed by atoms with van der Waals surface area (Å²) in [7, 11) is 0. The van der Waals surface area contributed by atoms with Gasteiger partial charge in [0.1, 0.15) is 0 Å². The van der Waals surface area contributed by atoms with Crippen LogP contribution in [0.15, 0.2) is 18.3 Å². The monoisotopic (exact) mass is 207 g/mol. The van der Waals surface area contributed by atoms with Gasteiger partial charge in [-0.3, -0.25) is 0 Å². The Balaban J connectivity index is 1.93. The molecule has 0 aromatic carbocycles. The van der Waals surface area contributed by atoms with E-state index in [9.17, 15) is 0 Å². The molecule has 84 valence electrons. The summed E-state index contributed by atoms with van der Waals surface area (Å²) in [5.74, 6) is 0. The van der Waals surface area contributed by atoms with Crippen LogP contribution in [0.25, 0.3) is 0 Å². The van der Waals surface area contributed by atoms with E-state index in [4.69, 9.17) is 0 Å². The molecule has 0 atom stereocenters. The highest BCUT2D eigenvalue weighted by molar-refractivity contribution is 4.98. The summed E-state index contributed by atoms with van der Waals surface area (Å²) in [6.45, 7) is 4.16. The van der Waals surface area contributed by atoms with E-state index in [0.29, 0.717) is 0 Å². The second-order valence-electron chi connectivity index (χ2n) is 3.81. The van der Waals surface area contributed by atoms with E-state index in [-0.39, 0.29) is 0 Å². The fourth-order valence-electron chi connectivity index (χ4n) is 1.50. The Morgan fingerprint density at radius 1 is 1.20 bits per heavy atom. The lowest BCUT2D eigenvalue weighted by Gasteiger charge is -2.03. The van der Waals surface area contributed by atoms with Crippen molar-refractivity contribution in [3.8, 4) is 0 Å². The molecule has 0 radical (unpaired) electrons. The molecule has 1 heterocycles. The lowest BCUT2D eigenvalue weighted by Crippen LogP contribution is -2.15. The maximum absolute atomic E-state index is 4.01. The average Bonchev–Trinajstić information content (AvgIpc) is 2.29. The van der Waals surface area contributed by atoms with Gasteiger partial charge in [-0.25, -0.2) is 0 Å². The van der Waals surface area contributed by atoms with Crippen molar-refractivity contribution in [1.82, 2.24) is 15.5 Å². The van der Waals surface area contributed by atoms with Crippen LogP contribution in [0.2, 0.25) is 0 Å². The van der Waals surface area contributed by atoms with Gasteiger partial charge in [0, 0.05) is 12.7 Å². The van der Waals surface area contributed by atoms with Crippen molar-refractivity contribution in [1.29, 1.82) is 0 Å². The van der Waals surface area contributed by atoms with Gasteiger partial charge in [0.15, 0.2) is 0 Å². The van der Waals surface area contributed by atoms with Gasteiger partial charge >= 0.3 is 0 Å². The van der Waals surface area contributed by atoms with Gasteiger partial charge in [0.05, 0.1) is 5.69 Å². The van der Waals surface area contributed by atoms with Crippen LogP contribution in [-0.4, -0.2) is 16.7 Å². The molecule has 1 N–H and O–H groups in total. The lowest BCUT2D eigenvalue weighted by atomic mass is 10.1. The van der Waals surface area contributed by atoms with Gasteiger partial charge in [0.25, 0.3) is 0 Å². The van der Waals surface area contributed by atoms with Gasteiger partial charge in [-0.1, -0.05) is 32.6 Å². The normalized spacial score (nSPS) is 10.5. The molecule has 0 unspecified atom stereocenters. The molecule has 0 fully saturated rings. The highest BCUT2D eigenvalue weighted by Gasteiger charge is 1.93. The van der Waals surface area contributed by atoms with Crippen molar-refractivity contribution in [2.75, 3.05) is 6.54 Å². The lowest BCUT2D eigenvalue weighted by molar-refractivity contribution is 0.578. The molecule has 0 aliphatic carbocycles. The fourth-order valence-corrected chi connectivity index (χ4v) is 1.50. The fraction of sp³-hybridized carbons (Fsp3) is 0.667. The topological polar surface area (TPSA) is 37.8 Å². The average molecular weight is 207 g/mol. The molecule has 0 amide bonds. The zero-order valence-corrected chi connectivity index (χ0v) is 9.58. The Labute approximate surface area is 92.3 Å². The molecule has 1 rings (SSSR count). The van der Waals surface area contributed by atoms with Crippen molar-refractivity contribution < 1.29 is 0 Å². The molecule has 0 saturated carbocycles. The van der Waals surface area contributed by atoms with Crippen LogP contribution < -0.4 is 5.32 Å². The number of nitrogens with one attached hydrogen (secondary N) is 1. The summed E-state index contributed by atoms with van der Waals surface area (Å²) in [6.07, 6.45) is 8.34. The van der Waals surface area contributed by atoms with E-state index >= 15 is 0 Å². The zero-order chi connectivity index (χ0) is 10.8. The van der Waals surface area contributed by atoms with E-state index in [1.165, 1.54) is 32.1 Å². The van der Waals surface area contributed by atoms with E-state index in [0.717, 1.165) is 18.8 Å². The molecular weight excluding hydrogens is 186 g/mol. The van der Waals surface area contributed by atoms with E-state index in [1.54, 1.807) is 6.20 Å². The Morgan fingerprint density at radius 3 is 2.80 bits per heavy atom. The van der Waals surface area contributed by atoms with E-state index in [1.807, 2.05) is 12.1 Å². The standard InChI is InChI=1S/C12H21N3/c1-2-3-4-5-6-9-13-11-12-8-7-10-14-15-12/h7-8,10,13H,2-6,9,11H2,1H3. The summed E-state index contributed by atoms with van der Waals surface area (Å²) >= 11 is 0. The molecule has 15 heavy (non-hydrogen) atoms. The minimum atomic E-state index is 0.835. The van der Waals surface area contributed by atoms with Gasteiger partial charge < -0.3 is 5.32 Å². The Hall–Kier alpha value is -0.960. The van der Waals surface area contributed by atoms with Gasteiger partial charge in [-0.2, -0.15) is 10.2 Å². The maximum atomic E-state index is 4.01. The highest BCUT2D eigenvalue weighted by atomic mass is 15.1. The minimum absolute atomic E-state index is 0.835. The Kier molecular flexibility index (Phi) is 6.75. The number of hydrogen-bond donors (Lipinski definition) is 1. The highest BCUT2D eigenvalue weighted by Crippen LogP contribution is 2.01. The van der Waals surface area contributed by atoms with Gasteiger partial charge in [0.2, 0.25) is 0 Å². The molecule has 0 spiro atoms. The largest absolute Gasteiger partial charge is 0.311 e. The third kappa shape index (κ3) is 6.18. The summed E-state index contributed by atoms with van der Waals surface area (Å²) in [5, 5.41) is 11.2. The molecule has 0 saturated heterocycles. The van der Waals surface area contributed by atoms with Crippen LogP contribution in [0.1, 0.15) is 44.7 Å². The predicted molar refractivity (Wildman–Crippen MR) is 62.5 cm³/mol. The third-order valence-corrected chi connectivity index (χ3v) is 2.39. The van der Waals surface area contributed by atoms with Crippen LogP contribution in [-0.2, 0) is 6.54 Å². The van der Waals surface area contributed by atoms with Gasteiger partial charge in [-0.15, -0.1) is 0 Å². The van der Waals surface area contributed by atoms with Crippen LogP contribution in [0.5, 0.6) is 0 Å². The summed E-state index contributed by atoms with van der Waals surface area (Å²) in [5.41, 5.74) is 1.02. The molecule has 0 aliphatic heterocycles. The first kappa shape index (κ1) is 12.1. The quantitative estimate of drug-likeness (QED) is 0.666. The number of hydrogen-bond acceptors (Lipinski definition) is 3. The zero-order valence-electron chi connectivity index (χ0n) is 9.58. The van der Waals surface area contributed by atoms with E-state index in [2.05, 4.69) is 22.4 Å². The van der Waals surface area contributed by atoms with Crippen LogP contribution in [0, 0.1) is 0 Å². The van der Waals surface area contributed by atoms with Crippen LogP contribution >= 0.6 is 0 Å². The minimum Gasteiger partial charge on any atom is -0.311 e. The van der Waals surface area contributed by atoms with Crippen molar-refractivity contribution in [3.63, 3.8) is 0 Å². The molecule has 3 nitrogen and oxygen atoms in total. The Morgan fingerprint density at radius 2 is 2.07 bits per heavy atom. The van der Waals surface area contributed by atoms with Crippen molar-refractivity contribution in [2.45, 2.75) is 45.6 Å². The second kappa shape index (κ2) is 8.36. The number of nitrogens with zero attached hydrogens (tertiary/aromatic N) is 2. The molecular formula is C12H21N3. The predicted octanol–water partition coefficient (Wildman–Crippen LogP) is 2.54. The third-order valence-electron chi connectivity index (χ3n) is 2.39. The van der Waals surface area contributed by atoms with Crippen molar-refractivity contribution in [2.24, 2.45) is 0 Å². The summed E-state index contributed by atoms with van der Waals surface area (Å²) < 4.78 is 0. The number of unbranched alkanes of at least 4 members (excludes halogenated alkanes) is 4.